The Labute approximate surface area is 130 Å². The lowest BCUT2D eigenvalue weighted by Gasteiger charge is -2.13. The number of hydrogen-bond acceptors (Lipinski definition) is 3. The van der Waals surface area contributed by atoms with E-state index in [4.69, 9.17) is 5.11 Å². The maximum absolute atomic E-state index is 11.2. The molecular weight excluding hydrogens is 377 g/mol. The van der Waals surface area contributed by atoms with Gasteiger partial charge in [-0.2, -0.15) is 11.8 Å². The van der Waals surface area contributed by atoms with Gasteiger partial charge in [0.15, 0.2) is 0 Å². The summed E-state index contributed by atoms with van der Waals surface area (Å²) in [5.74, 6) is -0.131. The molecule has 0 aromatic heterocycles. The van der Waals surface area contributed by atoms with Gasteiger partial charge in [0, 0.05) is 11.5 Å². The Hall–Kier alpha value is -0.760. The highest BCUT2D eigenvalue weighted by molar-refractivity contribution is 14.1. The number of benzene rings is 1. The number of amides is 1. The van der Waals surface area contributed by atoms with Crippen molar-refractivity contribution in [2.45, 2.75) is 18.7 Å². The van der Waals surface area contributed by atoms with Crippen LogP contribution in [0.25, 0.3) is 0 Å². The predicted molar refractivity (Wildman–Crippen MR) is 85.8 cm³/mol. The largest absolute Gasteiger partial charge is 0.480 e. The van der Waals surface area contributed by atoms with Gasteiger partial charge >= 0.3 is 5.97 Å². The van der Waals surface area contributed by atoms with Crippen LogP contribution in [0.4, 0.5) is 0 Å². The van der Waals surface area contributed by atoms with Crippen molar-refractivity contribution >= 4 is 46.2 Å². The smallest absolute Gasteiger partial charge is 0.327 e. The number of carboxylic acids is 1. The number of alkyl halides is 1. The minimum Gasteiger partial charge on any atom is -0.480 e. The summed E-state index contributed by atoms with van der Waals surface area (Å²) in [6.45, 7) is 2.02. The fourth-order valence-electron chi connectivity index (χ4n) is 1.39. The molecular formula is C13H16INO3S. The lowest BCUT2D eigenvalue weighted by atomic mass is 10.2. The number of aliphatic carboxylic acids is 1. The normalized spacial score (nSPS) is 11.9. The second-order valence-electron chi connectivity index (χ2n) is 4.09. The van der Waals surface area contributed by atoms with Crippen LogP contribution in [0, 0.1) is 6.92 Å². The van der Waals surface area contributed by atoms with Crippen LogP contribution >= 0.6 is 34.4 Å². The zero-order valence-corrected chi connectivity index (χ0v) is 13.5. The summed E-state index contributed by atoms with van der Waals surface area (Å²) in [5.41, 5.74) is 2.35. The van der Waals surface area contributed by atoms with Gasteiger partial charge in [-0.05, 0) is 12.5 Å². The highest BCUT2D eigenvalue weighted by Gasteiger charge is 2.19. The first-order chi connectivity index (χ1) is 9.02. The summed E-state index contributed by atoms with van der Waals surface area (Å²) in [6.07, 6.45) is 0. The Morgan fingerprint density at radius 2 is 2.00 bits per heavy atom. The maximum atomic E-state index is 11.2. The number of rotatable bonds is 7. The number of carbonyl (C=O) groups excluding carboxylic acids is 1. The highest BCUT2D eigenvalue weighted by atomic mass is 127. The molecule has 0 saturated carbocycles. The molecule has 0 saturated heterocycles. The number of nitrogens with one attached hydrogen (secondary N) is 1. The van der Waals surface area contributed by atoms with Gasteiger partial charge in [-0.1, -0.05) is 52.4 Å². The van der Waals surface area contributed by atoms with Crippen molar-refractivity contribution in [2.75, 3.05) is 10.2 Å². The van der Waals surface area contributed by atoms with E-state index in [2.05, 4.69) is 5.32 Å². The first-order valence-electron chi connectivity index (χ1n) is 5.74. The third-order valence-corrected chi connectivity index (χ3v) is 4.23. The van der Waals surface area contributed by atoms with Crippen LogP contribution < -0.4 is 5.32 Å². The molecule has 1 aromatic rings. The topological polar surface area (TPSA) is 66.4 Å². The van der Waals surface area contributed by atoms with Crippen molar-refractivity contribution in [3.63, 3.8) is 0 Å². The fraction of sp³-hybridized carbons (Fsp3) is 0.385. The molecule has 1 rings (SSSR count). The molecule has 0 aliphatic rings. The van der Waals surface area contributed by atoms with E-state index in [0.29, 0.717) is 5.75 Å². The van der Waals surface area contributed by atoms with Gasteiger partial charge < -0.3 is 10.4 Å². The molecule has 2 N–H and O–H groups in total. The average molecular weight is 393 g/mol. The van der Waals surface area contributed by atoms with E-state index < -0.39 is 12.0 Å². The molecule has 1 amide bonds. The summed E-state index contributed by atoms with van der Waals surface area (Å²) >= 11 is 3.41. The van der Waals surface area contributed by atoms with Crippen LogP contribution in [0.15, 0.2) is 24.3 Å². The molecule has 1 unspecified atom stereocenters. The van der Waals surface area contributed by atoms with E-state index in [1.54, 1.807) is 0 Å². The quantitative estimate of drug-likeness (QED) is 0.551. The van der Waals surface area contributed by atoms with Gasteiger partial charge in [-0.15, -0.1) is 0 Å². The summed E-state index contributed by atoms with van der Waals surface area (Å²) in [6, 6.07) is 7.30. The van der Waals surface area contributed by atoms with Gasteiger partial charge in [0.1, 0.15) is 6.04 Å². The molecule has 0 heterocycles. The number of aryl methyl sites for hydroxylation is 1. The third-order valence-electron chi connectivity index (χ3n) is 2.43. The molecule has 1 aromatic carbocycles. The van der Waals surface area contributed by atoms with Crippen LogP contribution in [-0.4, -0.2) is 33.2 Å². The molecule has 1 atom stereocenters. The summed E-state index contributed by atoms with van der Waals surface area (Å²) in [7, 11) is 0. The Morgan fingerprint density at radius 1 is 1.37 bits per heavy atom. The van der Waals surface area contributed by atoms with Crippen molar-refractivity contribution in [1.29, 1.82) is 0 Å². The Kier molecular flexibility index (Phi) is 7.22. The van der Waals surface area contributed by atoms with Crippen LogP contribution in [0.1, 0.15) is 11.1 Å². The molecule has 0 fully saturated rings. The lowest BCUT2D eigenvalue weighted by molar-refractivity contribution is -0.140. The minimum absolute atomic E-state index is 0.246. The fourth-order valence-corrected chi connectivity index (χ4v) is 2.61. The van der Waals surface area contributed by atoms with Crippen molar-refractivity contribution < 1.29 is 14.7 Å². The van der Waals surface area contributed by atoms with Crippen LogP contribution in [0.3, 0.4) is 0 Å². The summed E-state index contributed by atoms with van der Waals surface area (Å²) < 4.78 is 0.268. The third kappa shape index (κ3) is 6.29. The standard InChI is InChI=1S/C13H16INO3S/c1-9-2-4-10(5-3-9)7-19-8-11(13(17)18)15-12(16)6-14/h2-5,11H,6-8H2,1H3,(H,15,16)(H,17,18). The molecule has 0 spiro atoms. The van der Waals surface area contributed by atoms with E-state index >= 15 is 0 Å². The van der Waals surface area contributed by atoms with E-state index in [1.807, 2.05) is 53.8 Å². The van der Waals surface area contributed by atoms with Crippen LogP contribution in [-0.2, 0) is 15.3 Å². The van der Waals surface area contributed by atoms with Gasteiger partial charge in [-0.3, -0.25) is 4.79 Å². The van der Waals surface area contributed by atoms with Gasteiger partial charge in [-0.25, -0.2) is 4.79 Å². The van der Waals surface area contributed by atoms with Crippen molar-refractivity contribution in [1.82, 2.24) is 5.32 Å². The second kappa shape index (κ2) is 8.42. The molecule has 0 radical (unpaired) electrons. The molecule has 0 bridgehead atoms. The second-order valence-corrected chi connectivity index (χ2v) is 5.89. The number of carboxylic acid groups (broad SMARTS) is 1. The van der Waals surface area contributed by atoms with Crippen LogP contribution in [0.5, 0.6) is 0 Å². The van der Waals surface area contributed by atoms with Gasteiger partial charge in [0.05, 0.1) is 4.43 Å². The van der Waals surface area contributed by atoms with Crippen molar-refractivity contribution in [3.8, 4) is 0 Å². The van der Waals surface area contributed by atoms with Crippen LogP contribution in [0.2, 0.25) is 0 Å². The lowest BCUT2D eigenvalue weighted by Crippen LogP contribution is -2.43. The number of hydrogen-bond donors (Lipinski definition) is 2. The van der Waals surface area contributed by atoms with E-state index in [1.165, 1.54) is 17.3 Å². The molecule has 104 valence electrons. The summed E-state index contributed by atoms with van der Waals surface area (Å²) in [5, 5.41) is 11.5. The average Bonchev–Trinajstić information content (AvgIpc) is 2.39. The van der Waals surface area contributed by atoms with Crippen molar-refractivity contribution in [3.05, 3.63) is 35.4 Å². The first kappa shape index (κ1) is 16.3. The van der Waals surface area contributed by atoms with Gasteiger partial charge in [0.25, 0.3) is 0 Å². The predicted octanol–water partition coefficient (Wildman–Crippen LogP) is 2.23. The Morgan fingerprint density at radius 3 is 2.53 bits per heavy atom. The number of thioether (sulfide) groups is 1. The molecule has 6 heteroatoms. The Balaban J connectivity index is 2.42. The van der Waals surface area contributed by atoms with E-state index in [0.717, 1.165) is 11.3 Å². The Bertz CT molecular complexity index is 436. The number of carbonyl (C=O) groups is 2. The van der Waals surface area contributed by atoms with E-state index in [-0.39, 0.29) is 10.3 Å². The zero-order chi connectivity index (χ0) is 14.3. The van der Waals surface area contributed by atoms with Crippen molar-refractivity contribution in [2.24, 2.45) is 0 Å². The monoisotopic (exact) mass is 393 g/mol. The SMILES string of the molecule is Cc1ccc(CSCC(NC(=O)CI)C(=O)O)cc1. The van der Waals surface area contributed by atoms with Gasteiger partial charge in [0.2, 0.25) is 5.91 Å². The molecule has 0 aliphatic carbocycles. The molecule has 4 nitrogen and oxygen atoms in total. The summed E-state index contributed by atoms with van der Waals surface area (Å²) in [4.78, 5) is 22.2. The zero-order valence-electron chi connectivity index (χ0n) is 10.6. The maximum Gasteiger partial charge on any atom is 0.327 e. The molecule has 0 aliphatic heterocycles. The minimum atomic E-state index is -0.991. The first-order valence-corrected chi connectivity index (χ1v) is 8.42. The van der Waals surface area contributed by atoms with E-state index in [9.17, 15) is 9.59 Å². The molecule has 19 heavy (non-hydrogen) atoms. The highest BCUT2D eigenvalue weighted by Crippen LogP contribution is 2.14. The number of halogens is 1.